The molecule has 2 atom stereocenters. The van der Waals surface area contributed by atoms with E-state index in [1.807, 2.05) is 107 Å². The molecular weight excluding hydrogens is 1240 g/mol. The van der Waals surface area contributed by atoms with Crippen molar-refractivity contribution < 1.29 is 27.0 Å². The summed E-state index contributed by atoms with van der Waals surface area (Å²) in [5, 5.41) is 0. The number of halogens is 4. The molecule has 0 N–H and O–H groups in total. The molecule has 0 bridgehead atoms. The molecule has 100 heavy (non-hydrogen) atoms. The standard InChI is InChI=1S/C92H64F4N2O2/c1-57-11-25-65(26-12-57)91(67-29-43-75(44-30-67)99-77-41-23-61-15-17-63(61)51-77)83-9-5-3-7-79(83)81-47-39-73(55-85(81)91)97(89-49-33-69(93)53-87(89)95)71-35-19-59(20-36-71)60-21-37-72(38-22-60)98(90-50-34-70(94)54-88(90)96)74-40-48-82-80-8-4-6-10-84(80)92(86(82)56-74,66-27-13-58(2)14-28-66)68-31-45-76(46-32-68)100-78-42-24-62-16-18-64(62)52-78/h3-14,19-56H,15-18H2,1-2H3. The number of benzene rings is 14. The lowest BCUT2D eigenvalue weighted by molar-refractivity contribution is 0.480. The van der Waals surface area contributed by atoms with Gasteiger partial charge >= 0.3 is 0 Å². The molecule has 4 aliphatic rings. The predicted octanol–water partition coefficient (Wildman–Crippen LogP) is 24.0. The minimum absolute atomic E-state index is 0.171. The van der Waals surface area contributed by atoms with Crippen LogP contribution in [0.2, 0.25) is 0 Å². The molecule has 18 rings (SSSR count). The minimum Gasteiger partial charge on any atom is -0.457 e. The first-order valence-electron chi connectivity index (χ1n) is 34.1. The van der Waals surface area contributed by atoms with Gasteiger partial charge in [0.15, 0.2) is 0 Å². The summed E-state index contributed by atoms with van der Waals surface area (Å²) in [6, 6.07) is 99.8. The van der Waals surface area contributed by atoms with Crippen molar-refractivity contribution in [2.75, 3.05) is 9.80 Å². The molecule has 4 nitrogen and oxygen atoms in total. The van der Waals surface area contributed by atoms with E-state index in [0.717, 1.165) is 150 Å². The van der Waals surface area contributed by atoms with Gasteiger partial charge in [-0.3, -0.25) is 0 Å². The molecule has 0 aliphatic heterocycles. The Hall–Kier alpha value is -12.0. The highest BCUT2D eigenvalue weighted by Crippen LogP contribution is 2.60. The molecule has 0 spiro atoms. The van der Waals surface area contributed by atoms with Crippen LogP contribution in [0.1, 0.15) is 77.9 Å². The van der Waals surface area contributed by atoms with Crippen LogP contribution in [0.3, 0.4) is 0 Å². The molecule has 4 aliphatic carbocycles. The zero-order chi connectivity index (χ0) is 67.4. The third-order valence-corrected chi connectivity index (χ3v) is 21.2. The number of aryl methyl sites for hydroxylation is 6. The van der Waals surface area contributed by atoms with Gasteiger partial charge in [-0.1, -0.05) is 181 Å². The zero-order valence-electron chi connectivity index (χ0n) is 54.9. The second-order valence-corrected chi connectivity index (χ2v) is 26.9. The smallest absolute Gasteiger partial charge is 0.150 e. The molecule has 0 radical (unpaired) electrons. The van der Waals surface area contributed by atoms with Gasteiger partial charge in [-0.25, -0.2) is 17.6 Å². The summed E-state index contributed by atoms with van der Waals surface area (Å²) in [6.07, 6.45) is 4.31. The topological polar surface area (TPSA) is 24.9 Å². The summed E-state index contributed by atoms with van der Waals surface area (Å²) in [4.78, 5) is 3.71. The largest absolute Gasteiger partial charge is 0.457 e. The molecule has 0 amide bonds. The van der Waals surface area contributed by atoms with Crippen molar-refractivity contribution in [2.24, 2.45) is 0 Å². The van der Waals surface area contributed by atoms with E-state index in [9.17, 15) is 0 Å². The first kappa shape index (κ1) is 60.4. The van der Waals surface area contributed by atoms with Gasteiger partial charge in [-0.2, -0.15) is 0 Å². The number of ether oxygens (including phenoxy) is 2. The van der Waals surface area contributed by atoms with Gasteiger partial charge in [0, 0.05) is 34.9 Å². The van der Waals surface area contributed by atoms with Crippen molar-refractivity contribution in [1.82, 2.24) is 0 Å². The fourth-order valence-corrected chi connectivity index (χ4v) is 16.1. The van der Waals surface area contributed by atoms with Crippen LogP contribution < -0.4 is 19.3 Å². The van der Waals surface area contributed by atoms with E-state index in [4.69, 9.17) is 9.47 Å². The van der Waals surface area contributed by atoms with Crippen LogP contribution in [0.5, 0.6) is 23.0 Å². The Kier molecular flexibility index (Phi) is 14.5. The SMILES string of the molecule is Cc1ccc(C2(c3ccc(Oc4ccc5c(c4)CC5)cc3)c3ccccc3-c3ccc(N(c4ccc(-c5ccc(N(c6ccc7c(c6)C(c6ccc(C)cc6)(c6ccc(Oc8ccc9c(c8)CC9)cc6)c6ccccc6-7)c6ccc(F)cc6F)cc5)cc4)c4ccc(F)cc4F)cc32)cc1. The van der Waals surface area contributed by atoms with E-state index in [-0.39, 0.29) is 11.4 Å². The van der Waals surface area contributed by atoms with Crippen LogP contribution in [0.25, 0.3) is 33.4 Å². The summed E-state index contributed by atoms with van der Waals surface area (Å²) >= 11 is 0. The molecule has 0 saturated carbocycles. The van der Waals surface area contributed by atoms with Crippen LogP contribution in [0.4, 0.5) is 51.7 Å². The lowest BCUT2D eigenvalue weighted by Gasteiger charge is -2.35. The summed E-state index contributed by atoms with van der Waals surface area (Å²) in [7, 11) is 0. The normalized spacial score (nSPS) is 15.6. The average Bonchev–Trinajstić information content (AvgIpc) is 1.53. The highest BCUT2D eigenvalue weighted by Gasteiger charge is 2.48. The van der Waals surface area contributed by atoms with Gasteiger partial charge < -0.3 is 19.3 Å². The molecule has 0 aromatic heterocycles. The van der Waals surface area contributed by atoms with E-state index in [1.165, 1.54) is 46.5 Å². The Bertz CT molecular complexity index is 5210. The number of hydrogen-bond donors (Lipinski definition) is 0. The molecule has 2 unspecified atom stereocenters. The van der Waals surface area contributed by atoms with Crippen molar-refractivity contribution in [3.05, 3.63) is 404 Å². The Labute approximate surface area is 578 Å². The maximum atomic E-state index is 16.7. The number of nitrogens with zero attached hydrogens (tertiary/aromatic N) is 2. The third-order valence-electron chi connectivity index (χ3n) is 21.2. The molecule has 8 heteroatoms. The van der Waals surface area contributed by atoms with Crippen LogP contribution >= 0.6 is 0 Å². The summed E-state index contributed by atoms with van der Waals surface area (Å²) in [6.45, 7) is 4.18. The average molecular weight is 1310 g/mol. The lowest BCUT2D eigenvalue weighted by Crippen LogP contribution is -2.29. The summed E-state index contributed by atoms with van der Waals surface area (Å²) < 4.78 is 76.5. The molecule has 482 valence electrons. The second-order valence-electron chi connectivity index (χ2n) is 26.9. The van der Waals surface area contributed by atoms with Crippen LogP contribution in [0, 0.1) is 37.1 Å². The van der Waals surface area contributed by atoms with Crippen molar-refractivity contribution >= 4 is 34.1 Å². The monoisotopic (exact) mass is 1300 g/mol. The van der Waals surface area contributed by atoms with Crippen molar-refractivity contribution in [3.63, 3.8) is 0 Å². The number of anilines is 6. The van der Waals surface area contributed by atoms with Gasteiger partial charge in [0.2, 0.25) is 0 Å². The van der Waals surface area contributed by atoms with E-state index >= 15 is 17.6 Å². The number of fused-ring (bicyclic) bond motifs is 8. The van der Waals surface area contributed by atoms with Crippen molar-refractivity contribution in [2.45, 2.75) is 50.4 Å². The Morgan fingerprint density at radius 3 is 0.980 bits per heavy atom. The first-order valence-corrected chi connectivity index (χ1v) is 34.1. The quantitative estimate of drug-likeness (QED) is 0.0955. The van der Waals surface area contributed by atoms with Crippen molar-refractivity contribution in [1.29, 1.82) is 0 Å². The van der Waals surface area contributed by atoms with E-state index < -0.39 is 34.1 Å². The Morgan fingerprint density at radius 2 is 0.620 bits per heavy atom. The van der Waals surface area contributed by atoms with Gasteiger partial charge in [-0.15, -0.1) is 0 Å². The molecule has 14 aromatic carbocycles. The molecule has 0 heterocycles. The number of rotatable bonds is 15. The maximum Gasteiger partial charge on any atom is 0.150 e. The Balaban J connectivity index is 0.717. The predicted molar refractivity (Wildman–Crippen MR) is 393 cm³/mol. The van der Waals surface area contributed by atoms with Gasteiger partial charge in [0.25, 0.3) is 0 Å². The lowest BCUT2D eigenvalue weighted by atomic mass is 9.67. The fraction of sp³-hybridized carbons (Fsp3) is 0.0870. The van der Waals surface area contributed by atoms with Crippen LogP contribution in [-0.2, 0) is 36.5 Å². The highest BCUT2D eigenvalue weighted by atomic mass is 19.1. The molecule has 0 fully saturated rings. The van der Waals surface area contributed by atoms with Crippen molar-refractivity contribution in [3.8, 4) is 56.4 Å². The summed E-state index contributed by atoms with van der Waals surface area (Å²) in [5.74, 6) is 0.265. The summed E-state index contributed by atoms with van der Waals surface area (Å²) in [5.41, 5.74) is 23.4. The first-order chi connectivity index (χ1) is 48.9. The fourth-order valence-electron chi connectivity index (χ4n) is 16.1. The highest BCUT2D eigenvalue weighted by molar-refractivity contribution is 5.92. The van der Waals surface area contributed by atoms with E-state index in [0.29, 0.717) is 22.7 Å². The Morgan fingerprint density at radius 1 is 0.280 bits per heavy atom. The van der Waals surface area contributed by atoms with Gasteiger partial charge in [0.05, 0.1) is 22.2 Å². The van der Waals surface area contributed by atoms with Gasteiger partial charge in [0.1, 0.15) is 46.3 Å². The zero-order valence-corrected chi connectivity index (χ0v) is 54.9. The van der Waals surface area contributed by atoms with Crippen LogP contribution in [-0.4, -0.2) is 0 Å². The van der Waals surface area contributed by atoms with Gasteiger partial charge in [-0.05, 0) is 261 Å². The molecular formula is C92H64F4N2O2. The minimum atomic E-state index is -0.824. The van der Waals surface area contributed by atoms with E-state index in [1.54, 1.807) is 0 Å². The third kappa shape index (κ3) is 9.94. The maximum absolute atomic E-state index is 16.7. The second kappa shape index (κ2) is 23.9. The molecule has 14 aromatic rings. The number of hydrogen-bond acceptors (Lipinski definition) is 4. The van der Waals surface area contributed by atoms with Crippen LogP contribution in [0.15, 0.2) is 303 Å². The molecule has 0 saturated heterocycles. The van der Waals surface area contributed by atoms with E-state index in [2.05, 4.69) is 184 Å².